The number of likely N-dealkylation sites (N-methyl/N-ethyl adjacent to an activating group) is 1. The van der Waals surface area contributed by atoms with Gasteiger partial charge in [-0.15, -0.1) is 0 Å². The van der Waals surface area contributed by atoms with E-state index in [1.54, 1.807) is 0 Å². The van der Waals surface area contributed by atoms with E-state index in [2.05, 4.69) is 19.2 Å². The Labute approximate surface area is 132 Å². The van der Waals surface area contributed by atoms with Gasteiger partial charge in [-0.05, 0) is 44.0 Å². The lowest BCUT2D eigenvalue weighted by atomic mass is 9.91. The number of hydrogen-bond donors (Lipinski definition) is 1. The van der Waals surface area contributed by atoms with Crippen molar-refractivity contribution in [1.82, 2.24) is 10.2 Å². The smallest absolute Gasteiger partial charge is 0.226 e. The monoisotopic (exact) mass is 308 g/mol. The molecule has 1 aromatic carbocycles. The van der Waals surface area contributed by atoms with E-state index in [9.17, 15) is 4.79 Å². The molecule has 0 aliphatic carbocycles. The van der Waals surface area contributed by atoms with Gasteiger partial charge in [0.2, 0.25) is 5.91 Å². The minimum Gasteiger partial charge on any atom is -0.342 e. The number of amides is 1. The molecule has 3 atom stereocenters. The molecule has 3 unspecified atom stereocenters. The Morgan fingerprint density at radius 1 is 1.33 bits per heavy atom. The molecule has 1 N–H and O–H groups in total. The van der Waals surface area contributed by atoms with Crippen LogP contribution in [0.25, 0.3) is 0 Å². The molecule has 1 amide bonds. The third-order valence-electron chi connectivity index (χ3n) is 4.72. The maximum Gasteiger partial charge on any atom is 0.226 e. The van der Waals surface area contributed by atoms with Crippen molar-refractivity contribution in [1.29, 1.82) is 0 Å². The van der Waals surface area contributed by atoms with Gasteiger partial charge >= 0.3 is 0 Å². The first-order valence-corrected chi connectivity index (χ1v) is 8.11. The second-order valence-corrected chi connectivity index (χ2v) is 6.51. The molecule has 1 aliphatic heterocycles. The van der Waals surface area contributed by atoms with E-state index in [-0.39, 0.29) is 23.8 Å². The van der Waals surface area contributed by atoms with Crippen LogP contribution < -0.4 is 5.32 Å². The first kappa shape index (κ1) is 16.3. The topological polar surface area (TPSA) is 32.3 Å². The molecule has 0 saturated carbocycles. The van der Waals surface area contributed by atoms with Gasteiger partial charge in [0.25, 0.3) is 0 Å². The summed E-state index contributed by atoms with van der Waals surface area (Å²) >= 11 is 5.94. The zero-order valence-electron chi connectivity index (χ0n) is 13.1. The van der Waals surface area contributed by atoms with Gasteiger partial charge in [-0.2, -0.15) is 0 Å². The van der Waals surface area contributed by atoms with Crippen LogP contribution in [0.5, 0.6) is 0 Å². The van der Waals surface area contributed by atoms with E-state index < -0.39 is 0 Å². The number of nitrogens with one attached hydrogen (secondary N) is 1. The van der Waals surface area contributed by atoms with Crippen LogP contribution in [0.2, 0.25) is 5.02 Å². The van der Waals surface area contributed by atoms with Crippen LogP contribution in [-0.2, 0) is 4.79 Å². The molecule has 2 rings (SSSR count). The average Bonchev–Trinajstić information content (AvgIpc) is 2.53. The van der Waals surface area contributed by atoms with Crippen LogP contribution in [0.1, 0.15) is 38.2 Å². The standard InChI is InChI=1S/C17H25ClN2O/c1-12(14-6-8-16(18)9-7-14)13(2)20(3)17(21)15-5-4-10-19-11-15/h6-9,12-13,15,19H,4-5,10-11H2,1-3H3. The molecule has 1 saturated heterocycles. The van der Waals surface area contributed by atoms with Crippen molar-refractivity contribution in [2.75, 3.05) is 20.1 Å². The van der Waals surface area contributed by atoms with Gasteiger partial charge in [-0.25, -0.2) is 0 Å². The van der Waals surface area contributed by atoms with Crippen LogP contribution >= 0.6 is 11.6 Å². The summed E-state index contributed by atoms with van der Waals surface area (Å²) in [4.78, 5) is 14.5. The van der Waals surface area contributed by atoms with Crippen LogP contribution in [0.4, 0.5) is 0 Å². The fraction of sp³-hybridized carbons (Fsp3) is 0.588. The molecule has 0 radical (unpaired) electrons. The molecule has 0 aromatic heterocycles. The first-order valence-electron chi connectivity index (χ1n) is 7.73. The maximum absolute atomic E-state index is 12.6. The number of nitrogens with zero attached hydrogens (tertiary/aromatic N) is 1. The Morgan fingerprint density at radius 2 is 2.00 bits per heavy atom. The lowest BCUT2D eigenvalue weighted by molar-refractivity contribution is -0.136. The largest absolute Gasteiger partial charge is 0.342 e. The van der Waals surface area contributed by atoms with Crippen LogP contribution in [0.15, 0.2) is 24.3 Å². The van der Waals surface area contributed by atoms with E-state index >= 15 is 0 Å². The number of carbonyl (C=O) groups is 1. The molecular weight excluding hydrogens is 284 g/mol. The van der Waals surface area contributed by atoms with Crippen molar-refractivity contribution in [3.8, 4) is 0 Å². The lowest BCUT2D eigenvalue weighted by Crippen LogP contribution is -2.46. The van der Waals surface area contributed by atoms with Gasteiger partial charge in [0.1, 0.15) is 0 Å². The van der Waals surface area contributed by atoms with Crippen LogP contribution in [-0.4, -0.2) is 37.0 Å². The number of hydrogen-bond acceptors (Lipinski definition) is 2. The lowest BCUT2D eigenvalue weighted by Gasteiger charge is -2.34. The summed E-state index contributed by atoms with van der Waals surface area (Å²) in [7, 11) is 1.92. The molecule has 1 fully saturated rings. The summed E-state index contributed by atoms with van der Waals surface area (Å²) in [5.74, 6) is 0.673. The quantitative estimate of drug-likeness (QED) is 0.925. The highest BCUT2D eigenvalue weighted by molar-refractivity contribution is 6.30. The zero-order valence-corrected chi connectivity index (χ0v) is 13.9. The average molecular weight is 309 g/mol. The highest BCUT2D eigenvalue weighted by Gasteiger charge is 2.28. The number of piperidine rings is 1. The van der Waals surface area contributed by atoms with Gasteiger partial charge < -0.3 is 10.2 Å². The van der Waals surface area contributed by atoms with Gasteiger partial charge in [-0.1, -0.05) is 30.7 Å². The summed E-state index contributed by atoms with van der Waals surface area (Å²) in [6.07, 6.45) is 2.09. The highest BCUT2D eigenvalue weighted by atomic mass is 35.5. The minimum atomic E-state index is 0.128. The Balaban J connectivity index is 2.01. The number of benzene rings is 1. The molecule has 1 aliphatic rings. The third-order valence-corrected chi connectivity index (χ3v) is 4.98. The van der Waals surface area contributed by atoms with Crippen molar-refractivity contribution >= 4 is 17.5 Å². The van der Waals surface area contributed by atoms with Crippen molar-refractivity contribution in [3.63, 3.8) is 0 Å². The molecular formula is C17H25ClN2O. The summed E-state index contributed by atoms with van der Waals surface area (Å²) < 4.78 is 0. The van der Waals surface area contributed by atoms with E-state index in [0.29, 0.717) is 0 Å². The molecule has 4 heteroatoms. The van der Waals surface area contributed by atoms with Crippen molar-refractivity contribution in [2.45, 2.75) is 38.6 Å². The van der Waals surface area contributed by atoms with Gasteiger partial charge in [0.15, 0.2) is 0 Å². The van der Waals surface area contributed by atoms with E-state index in [0.717, 1.165) is 31.0 Å². The zero-order chi connectivity index (χ0) is 15.4. The van der Waals surface area contributed by atoms with E-state index in [1.807, 2.05) is 36.2 Å². The fourth-order valence-corrected chi connectivity index (χ4v) is 3.06. The Morgan fingerprint density at radius 3 is 2.57 bits per heavy atom. The summed E-state index contributed by atoms with van der Waals surface area (Å²) in [6.45, 7) is 6.12. The van der Waals surface area contributed by atoms with E-state index in [1.165, 1.54) is 5.56 Å². The Kier molecular flexibility index (Phi) is 5.65. The highest BCUT2D eigenvalue weighted by Crippen LogP contribution is 2.25. The van der Waals surface area contributed by atoms with Gasteiger partial charge in [0.05, 0.1) is 5.92 Å². The van der Waals surface area contributed by atoms with E-state index in [4.69, 9.17) is 11.6 Å². The molecule has 21 heavy (non-hydrogen) atoms. The molecule has 0 spiro atoms. The third kappa shape index (κ3) is 3.98. The van der Waals surface area contributed by atoms with Crippen LogP contribution in [0.3, 0.4) is 0 Å². The summed E-state index contributed by atoms with van der Waals surface area (Å²) in [6, 6.07) is 8.08. The second-order valence-electron chi connectivity index (χ2n) is 6.07. The normalized spacial score (nSPS) is 21.6. The first-order chi connectivity index (χ1) is 10.0. The fourth-order valence-electron chi connectivity index (χ4n) is 2.93. The summed E-state index contributed by atoms with van der Waals surface area (Å²) in [5, 5.41) is 4.06. The van der Waals surface area contributed by atoms with Crippen molar-refractivity contribution in [2.24, 2.45) is 5.92 Å². The Bertz CT molecular complexity index is 468. The predicted octanol–water partition coefficient (Wildman–Crippen LogP) is 3.29. The Hall–Kier alpha value is -1.06. The van der Waals surface area contributed by atoms with Crippen molar-refractivity contribution in [3.05, 3.63) is 34.9 Å². The SMILES string of the molecule is CC(c1ccc(Cl)cc1)C(C)N(C)C(=O)C1CCCNC1. The van der Waals surface area contributed by atoms with Gasteiger partial charge in [-0.3, -0.25) is 4.79 Å². The molecule has 3 nitrogen and oxygen atoms in total. The number of rotatable bonds is 4. The molecule has 0 bridgehead atoms. The van der Waals surface area contributed by atoms with Crippen molar-refractivity contribution < 1.29 is 4.79 Å². The van der Waals surface area contributed by atoms with Crippen LogP contribution in [0, 0.1) is 5.92 Å². The summed E-state index contributed by atoms with van der Waals surface area (Å²) in [5.41, 5.74) is 1.22. The second kappa shape index (κ2) is 7.28. The number of halogens is 1. The molecule has 1 heterocycles. The minimum absolute atomic E-state index is 0.128. The molecule has 1 aromatic rings. The van der Waals surface area contributed by atoms with Gasteiger partial charge in [0, 0.05) is 30.6 Å². The predicted molar refractivity (Wildman–Crippen MR) is 87.7 cm³/mol. The number of carbonyl (C=O) groups excluding carboxylic acids is 1. The molecule has 116 valence electrons. The maximum atomic E-state index is 12.6.